The van der Waals surface area contributed by atoms with E-state index in [4.69, 9.17) is 14.3 Å². The molecule has 2 rings (SSSR count). The maximum atomic E-state index is 11.8. The van der Waals surface area contributed by atoms with E-state index in [2.05, 4.69) is 24.0 Å². The minimum atomic E-state index is -0.0712. The van der Waals surface area contributed by atoms with Crippen molar-refractivity contribution in [2.45, 2.75) is 45.3 Å². The van der Waals surface area contributed by atoms with E-state index in [9.17, 15) is 4.79 Å². The van der Waals surface area contributed by atoms with Crippen molar-refractivity contribution in [2.75, 3.05) is 6.61 Å². The van der Waals surface area contributed by atoms with E-state index in [1.165, 1.54) is 5.56 Å². The lowest BCUT2D eigenvalue weighted by Gasteiger charge is -2.46. The lowest BCUT2D eigenvalue weighted by atomic mass is 9.90. The van der Waals surface area contributed by atoms with E-state index in [0.29, 0.717) is 12.6 Å². The highest BCUT2D eigenvalue weighted by Crippen LogP contribution is 2.30. The Labute approximate surface area is 124 Å². The van der Waals surface area contributed by atoms with Gasteiger partial charge in [-0.05, 0) is 25.3 Å². The minimum absolute atomic E-state index is 0.0462. The molecule has 5 nitrogen and oxygen atoms in total. The highest BCUT2D eigenvalue weighted by molar-refractivity contribution is 5.77. The number of nitrogens with zero attached hydrogens (tertiary/aromatic N) is 1. The number of hydrogen-bond donors (Lipinski definition) is 0. The molecule has 0 N–H and O–H groups in total. The lowest BCUT2D eigenvalue weighted by molar-refractivity contribution is -0.191. The Bertz CT molecular complexity index is 468. The molecule has 1 heterocycles. The van der Waals surface area contributed by atoms with E-state index in [1.807, 2.05) is 25.1 Å². The van der Waals surface area contributed by atoms with Crippen LogP contribution in [0.2, 0.25) is 0 Å². The molecule has 2 atom stereocenters. The molecule has 0 saturated carbocycles. The predicted molar refractivity (Wildman–Crippen MR) is 76.1 cm³/mol. The molecule has 5 heteroatoms. The molecule has 0 aliphatic carbocycles. The highest BCUT2D eigenvalue weighted by Gasteiger charge is 2.42. The van der Waals surface area contributed by atoms with Gasteiger partial charge in [-0.3, -0.25) is 9.69 Å². The second-order valence-corrected chi connectivity index (χ2v) is 4.81. The summed E-state index contributed by atoms with van der Waals surface area (Å²) in [5.41, 5.74) is 1.25. The zero-order chi connectivity index (χ0) is 15.7. The Morgan fingerprint density at radius 2 is 1.90 bits per heavy atom. The molecule has 0 bridgehead atoms. The number of likely N-dealkylation sites (tertiary alicyclic amines) is 1. The Balaban J connectivity index is 0.000000677. The fourth-order valence-electron chi connectivity index (χ4n) is 2.55. The van der Waals surface area contributed by atoms with E-state index in [0.717, 1.165) is 19.4 Å². The van der Waals surface area contributed by atoms with Crippen LogP contribution in [0.3, 0.4) is 0 Å². The summed E-state index contributed by atoms with van der Waals surface area (Å²) >= 11 is 0. The quantitative estimate of drug-likeness (QED) is 0.777. The lowest BCUT2D eigenvalue weighted by Crippen LogP contribution is -2.58. The van der Waals surface area contributed by atoms with Gasteiger partial charge in [0, 0.05) is 12.6 Å². The van der Waals surface area contributed by atoms with Crippen molar-refractivity contribution < 1.29 is 19.1 Å². The number of hydrogen-bond acceptors (Lipinski definition) is 5. The van der Waals surface area contributed by atoms with Crippen molar-refractivity contribution in [3.8, 4) is 0 Å². The Morgan fingerprint density at radius 1 is 1.29 bits per heavy atom. The first-order valence-electron chi connectivity index (χ1n) is 7.13. The third kappa shape index (κ3) is 4.81. The molecule has 1 aliphatic rings. The summed E-state index contributed by atoms with van der Waals surface area (Å²) in [6.07, 6.45) is 2.27. The summed E-state index contributed by atoms with van der Waals surface area (Å²) in [5, 5.41) is 0. The molecular weight excluding hydrogens is 270 g/mol. The summed E-state index contributed by atoms with van der Waals surface area (Å²) in [6.45, 7) is 5.33. The maximum absolute atomic E-state index is 11.8. The second kappa shape index (κ2) is 9.06. The molecule has 114 valence electrons. The van der Waals surface area contributed by atoms with E-state index in [1.54, 1.807) is 0 Å². The summed E-state index contributed by atoms with van der Waals surface area (Å²) in [4.78, 5) is 30.3. The van der Waals surface area contributed by atoms with E-state index in [-0.39, 0.29) is 18.2 Å². The monoisotopic (exact) mass is 291 g/mol. The van der Waals surface area contributed by atoms with Gasteiger partial charge in [0.1, 0.15) is 6.04 Å². The van der Waals surface area contributed by atoms with Crippen LogP contribution < -0.4 is 0 Å². The first-order valence-corrected chi connectivity index (χ1v) is 7.13. The van der Waals surface area contributed by atoms with Crippen molar-refractivity contribution in [3.05, 3.63) is 35.9 Å². The van der Waals surface area contributed by atoms with Crippen LogP contribution in [0, 0.1) is 0 Å². The molecule has 1 aromatic rings. The smallest absolute Gasteiger partial charge is 0.373 e. The van der Waals surface area contributed by atoms with Crippen LogP contribution in [0.5, 0.6) is 0 Å². The first-order chi connectivity index (χ1) is 10.2. The largest absolute Gasteiger partial charge is 0.465 e. The molecule has 1 saturated heterocycles. The third-order valence-corrected chi connectivity index (χ3v) is 3.60. The SMILES string of the molecule is CCOC(=O)[C@@H]1C[C@H](CC)N1Cc1ccccc1.O=C=O. The topological polar surface area (TPSA) is 63.7 Å². The molecule has 0 aromatic heterocycles. The molecule has 0 radical (unpaired) electrons. The average molecular weight is 291 g/mol. The van der Waals surface area contributed by atoms with Gasteiger partial charge in [-0.1, -0.05) is 37.3 Å². The van der Waals surface area contributed by atoms with Crippen LogP contribution in [-0.4, -0.2) is 35.7 Å². The minimum Gasteiger partial charge on any atom is -0.465 e. The van der Waals surface area contributed by atoms with Gasteiger partial charge >= 0.3 is 12.1 Å². The predicted octanol–water partition coefficient (Wildman–Crippen LogP) is 2.02. The summed E-state index contributed by atoms with van der Waals surface area (Å²) in [5.74, 6) is -0.0712. The van der Waals surface area contributed by atoms with Crippen LogP contribution in [0.4, 0.5) is 0 Å². The second-order valence-electron chi connectivity index (χ2n) is 4.81. The molecule has 0 amide bonds. The summed E-state index contributed by atoms with van der Waals surface area (Å²) in [7, 11) is 0. The van der Waals surface area contributed by atoms with Gasteiger partial charge in [0.05, 0.1) is 6.61 Å². The molecule has 0 unspecified atom stereocenters. The number of rotatable bonds is 5. The van der Waals surface area contributed by atoms with Gasteiger partial charge in [-0.2, -0.15) is 9.59 Å². The molecular formula is C16H21NO4. The van der Waals surface area contributed by atoms with Gasteiger partial charge in [0.2, 0.25) is 0 Å². The van der Waals surface area contributed by atoms with Crippen LogP contribution in [-0.2, 0) is 25.7 Å². The number of carbonyl (C=O) groups is 1. The summed E-state index contributed by atoms with van der Waals surface area (Å²) in [6, 6.07) is 10.8. The Morgan fingerprint density at radius 3 is 2.43 bits per heavy atom. The van der Waals surface area contributed by atoms with Crippen LogP contribution in [0.15, 0.2) is 30.3 Å². The third-order valence-electron chi connectivity index (χ3n) is 3.60. The number of esters is 1. The van der Waals surface area contributed by atoms with Crippen LogP contribution in [0.1, 0.15) is 32.3 Å². The number of benzene rings is 1. The zero-order valence-corrected chi connectivity index (χ0v) is 12.5. The van der Waals surface area contributed by atoms with Gasteiger partial charge in [0.15, 0.2) is 0 Å². The van der Waals surface area contributed by atoms with Gasteiger partial charge in [-0.25, -0.2) is 0 Å². The van der Waals surface area contributed by atoms with Crippen molar-refractivity contribution in [1.29, 1.82) is 0 Å². The van der Waals surface area contributed by atoms with Gasteiger partial charge in [0.25, 0.3) is 0 Å². The van der Waals surface area contributed by atoms with Crippen molar-refractivity contribution in [3.63, 3.8) is 0 Å². The van der Waals surface area contributed by atoms with E-state index < -0.39 is 0 Å². The summed E-state index contributed by atoms with van der Waals surface area (Å²) < 4.78 is 5.13. The molecule has 1 fully saturated rings. The molecule has 1 aromatic carbocycles. The Kier molecular flexibility index (Phi) is 7.37. The van der Waals surface area contributed by atoms with Crippen LogP contribution in [0.25, 0.3) is 0 Å². The van der Waals surface area contributed by atoms with Crippen molar-refractivity contribution in [1.82, 2.24) is 4.90 Å². The fourth-order valence-corrected chi connectivity index (χ4v) is 2.55. The van der Waals surface area contributed by atoms with Crippen molar-refractivity contribution in [2.24, 2.45) is 0 Å². The number of carbonyl (C=O) groups excluding carboxylic acids is 3. The average Bonchev–Trinajstić information content (AvgIpc) is 2.46. The molecule has 1 aliphatic heterocycles. The molecule has 21 heavy (non-hydrogen) atoms. The highest BCUT2D eigenvalue weighted by atomic mass is 16.5. The molecule has 0 spiro atoms. The van der Waals surface area contributed by atoms with Crippen LogP contribution >= 0.6 is 0 Å². The van der Waals surface area contributed by atoms with E-state index >= 15 is 0 Å². The Hall–Kier alpha value is -1.97. The maximum Gasteiger partial charge on any atom is 0.373 e. The standard InChI is InChI=1S/C15H21NO2.CO2/c1-3-13-10-14(15(17)18-4-2)16(13)11-12-8-6-5-7-9-12;2-1-3/h5-9,13-14H,3-4,10-11H2,1-2H3;/t13-,14-;/m0./s1. The normalized spacial score (nSPS) is 20.5. The van der Waals surface area contributed by atoms with Gasteiger partial charge in [-0.15, -0.1) is 0 Å². The first kappa shape index (κ1) is 17.1. The fraction of sp³-hybridized carbons (Fsp3) is 0.500. The van der Waals surface area contributed by atoms with Crippen molar-refractivity contribution >= 4 is 12.1 Å². The van der Waals surface area contributed by atoms with Gasteiger partial charge < -0.3 is 4.74 Å². The number of ether oxygens (including phenoxy) is 1. The zero-order valence-electron chi connectivity index (χ0n) is 12.5.